The molecule has 2 aromatic carbocycles. The number of hydrogen-bond acceptors (Lipinski definition) is 3. The topological polar surface area (TPSA) is 62.6 Å². The molecule has 1 atom stereocenters. The second kappa shape index (κ2) is 8.22. The van der Waals surface area contributed by atoms with E-state index in [0.29, 0.717) is 17.0 Å². The molecule has 0 saturated carbocycles. The number of piperidine rings is 1. The van der Waals surface area contributed by atoms with Gasteiger partial charge in [0.05, 0.1) is 0 Å². The van der Waals surface area contributed by atoms with Crippen molar-refractivity contribution in [1.29, 1.82) is 0 Å². The number of nitrogens with one attached hydrogen (secondary N) is 1. The lowest BCUT2D eigenvalue weighted by atomic mass is 10.0. The van der Waals surface area contributed by atoms with Crippen molar-refractivity contribution in [2.75, 3.05) is 11.9 Å². The van der Waals surface area contributed by atoms with Crippen LogP contribution in [0.15, 0.2) is 34.7 Å². The Kier molecular flexibility index (Phi) is 5.61. The van der Waals surface area contributed by atoms with Crippen LogP contribution in [0.1, 0.15) is 69.4 Å². The highest BCUT2D eigenvalue weighted by atomic mass is 16.3. The van der Waals surface area contributed by atoms with Gasteiger partial charge >= 0.3 is 0 Å². The maximum absolute atomic E-state index is 13.0. The van der Waals surface area contributed by atoms with E-state index < -0.39 is 0 Å². The second-order valence-electron chi connectivity index (χ2n) is 8.79. The smallest absolute Gasteiger partial charge is 0.291 e. The molecule has 162 valence electrons. The number of likely N-dealkylation sites (tertiary alicyclic amines) is 1. The molecule has 0 aliphatic carbocycles. The summed E-state index contributed by atoms with van der Waals surface area (Å²) >= 11 is 0. The number of anilines is 1. The molecule has 0 spiro atoms. The number of carbonyl (C=O) groups is 2. The first kappa shape index (κ1) is 21.2. The number of hydrogen-bond donors (Lipinski definition) is 1. The third kappa shape index (κ3) is 3.85. The molecule has 3 aromatic rings. The van der Waals surface area contributed by atoms with Crippen molar-refractivity contribution < 1.29 is 14.0 Å². The predicted molar refractivity (Wildman–Crippen MR) is 124 cm³/mol. The van der Waals surface area contributed by atoms with Gasteiger partial charge < -0.3 is 14.6 Å². The van der Waals surface area contributed by atoms with E-state index in [1.807, 2.05) is 56.9 Å². The second-order valence-corrected chi connectivity index (χ2v) is 8.79. The van der Waals surface area contributed by atoms with Gasteiger partial charge in [-0.25, -0.2) is 0 Å². The number of amides is 2. The zero-order valence-electron chi connectivity index (χ0n) is 19.0. The van der Waals surface area contributed by atoms with Crippen LogP contribution in [0.2, 0.25) is 0 Å². The van der Waals surface area contributed by atoms with Gasteiger partial charge in [0.1, 0.15) is 5.58 Å². The van der Waals surface area contributed by atoms with Gasteiger partial charge in [0, 0.05) is 34.8 Å². The molecular formula is C26H30N2O3. The summed E-state index contributed by atoms with van der Waals surface area (Å²) in [6.45, 7) is 10.7. The molecule has 4 rings (SSSR count). The SMILES string of the molecule is Cc1cc(C(=O)N2CCCCC2C)ccc1NC(=O)c1oc2c(C)ccc(C)c2c1C. The highest BCUT2D eigenvalue weighted by molar-refractivity contribution is 6.07. The van der Waals surface area contributed by atoms with Crippen molar-refractivity contribution in [3.8, 4) is 0 Å². The molecule has 2 heterocycles. The fourth-order valence-corrected chi connectivity index (χ4v) is 4.57. The maximum atomic E-state index is 13.0. The Bertz CT molecular complexity index is 1180. The zero-order valence-corrected chi connectivity index (χ0v) is 19.0. The third-order valence-electron chi connectivity index (χ3n) is 6.47. The van der Waals surface area contributed by atoms with E-state index in [4.69, 9.17) is 4.42 Å². The van der Waals surface area contributed by atoms with Crippen LogP contribution in [0, 0.1) is 27.7 Å². The van der Waals surface area contributed by atoms with E-state index in [1.165, 1.54) is 6.42 Å². The van der Waals surface area contributed by atoms with E-state index in [0.717, 1.165) is 52.6 Å². The van der Waals surface area contributed by atoms with Crippen LogP contribution in [-0.4, -0.2) is 29.3 Å². The number of aryl methyl sites for hydroxylation is 4. The van der Waals surface area contributed by atoms with Crippen molar-refractivity contribution >= 4 is 28.5 Å². The van der Waals surface area contributed by atoms with Gasteiger partial charge in [0.25, 0.3) is 11.8 Å². The summed E-state index contributed by atoms with van der Waals surface area (Å²) in [7, 11) is 0. The quantitative estimate of drug-likeness (QED) is 0.573. The average Bonchev–Trinajstić information content (AvgIpc) is 3.11. The summed E-state index contributed by atoms with van der Waals surface area (Å²) in [5.74, 6) is 0.112. The van der Waals surface area contributed by atoms with Gasteiger partial charge in [-0.3, -0.25) is 9.59 Å². The Morgan fingerprint density at radius 2 is 1.74 bits per heavy atom. The number of rotatable bonds is 3. The predicted octanol–water partition coefficient (Wildman–Crippen LogP) is 5.93. The summed E-state index contributed by atoms with van der Waals surface area (Å²) in [5, 5.41) is 3.96. The molecule has 1 aromatic heterocycles. The van der Waals surface area contributed by atoms with E-state index in [9.17, 15) is 9.59 Å². The summed E-state index contributed by atoms with van der Waals surface area (Å²) in [6.07, 6.45) is 3.28. The van der Waals surface area contributed by atoms with Gasteiger partial charge in [-0.15, -0.1) is 0 Å². The van der Waals surface area contributed by atoms with Crippen molar-refractivity contribution in [3.05, 3.63) is 63.9 Å². The van der Waals surface area contributed by atoms with Gasteiger partial charge in [-0.1, -0.05) is 12.1 Å². The normalized spacial score (nSPS) is 16.5. The van der Waals surface area contributed by atoms with Crippen LogP contribution in [0.25, 0.3) is 11.0 Å². The first-order chi connectivity index (χ1) is 14.8. The van der Waals surface area contributed by atoms with Crippen LogP contribution in [0.3, 0.4) is 0 Å². The fraction of sp³-hybridized carbons (Fsp3) is 0.385. The number of nitrogens with zero attached hydrogens (tertiary/aromatic N) is 1. The monoisotopic (exact) mass is 418 g/mol. The van der Waals surface area contributed by atoms with Gasteiger partial charge in [-0.05, 0) is 88.8 Å². The van der Waals surface area contributed by atoms with Gasteiger partial charge in [0.2, 0.25) is 0 Å². The molecule has 0 radical (unpaired) electrons. The van der Waals surface area contributed by atoms with Crippen LogP contribution in [0.4, 0.5) is 5.69 Å². The molecule has 5 nitrogen and oxygen atoms in total. The van der Waals surface area contributed by atoms with Crippen molar-refractivity contribution in [3.63, 3.8) is 0 Å². The lowest BCUT2D eigenvalue weighted by molar-refractivity contribution is 0.0635. The highest BCUT2D eigenvalue weighted by Gasteiger charge is 2.25. The Balaban J connectivity index is 1.58. The summed E-state index contributed by atoms with van der Waals surface area (Å²) < 4.78 is 5.96. The summed E-state index contributed by atoms with van der Waals surface area (Å²) in [6, 6.07) is 9.79. The highest BCUT2D eigenvalue weighted by Crippen LogP contribution is 2.31. The minimum Gasteiger partial charge on any atom is -0.450 e. The van der Waals surface area contributed by atoms with Crippen LogP contribution in [-0.2, 0) is 0 Å². The average molecular weight is 419 g/mol. The minimum atomic E-state index is -0.278. The summed E-state index contributed by atoms with van der Waals surface area (Å²) in [5.41, 5.74) is 5.90. The lowest BCUT2D eigenvalue weighted by Crippen LogP contribution is -2.42. The molecule has 31 heavy (non-hydrogen) atoms. The number of benzene rings is 2. The number of furan rings is 1. The molecule has 0 bridgehead atoms. The Morgan fingerprint density at radius 3 is 2.42 bits per heavy atom. The standard InChI is InChI=1S/C26H30N2O3/c1-15-9-10-16(2)23-22(15)19(5)24(31-23)25(29)27-21-12-11-20(14-17(21)3)26(30)28-13-7-6-8-18(28)4/h9-12,14,18H,6-8,13H2,1-5H3,(H,27,29). The third-order valence-corrected chi connectivity index (χ3v) is 6.47. The van der Waals surface area contributed by atoms with Gasteiger partial charge in [-0.2, -0.15) is 0 Å². The molecule has 1 aliphatic rings. The van der Waals surface area contributed by atoms with Crippen LogP contribution < -0.4 is 5.32 Å². The molecule has 1 unspecified atom stereocenters. The van der Waals surface area contributed by atoms with Crippen molar-refractivity contribution in [1.82, 2.24) is 4.90 Å². The number of fused-ring (bicyclic) bond motifs is 1. The van der Waals surface area contributed by atoms with E-state index in [-0.39, 0.29) is 17.9 Å². The van der Waals surface area contributed by atoms with E-state index >= 15 is 0 Å². The fourth-order valence-electron chi connectivity index (χ4n) is 4.57. The van der Waals surface area contributed by atoms with E-state index in [1.54, 1.807) is 6.07 Å². The Hall–Kier alpha value is -3.08. The zero-order chi connectivity index (χ0) is 22.3. The lowest BCUT2D eigenvalue weighted by Gasteiger charge is -2.33. The van der Waals surface area contributed by atoms with Gasteiger partial charge in [0.15, 0.2) is 5.76 Å². The molecule has 1 aliphatic heterocycles. The van der Waals surface area contributed by atoms with Crippen molar-refractivity contribution in [2.24, 2.45) is 0 Å². The number of carbonyl (C=O) groups excluding carboxylic acids is 2. The van der Waals surface area contributed by atoms with E-state index in [2.05, 4.69) is 12.2 Å². The first-order valence-corrected chi connectivity index (χ1v) is 11.0. The van der Waals surface area contributed by atoms with Crippen LogP contribution in [0.5, 0.6) is 0 Å². The molecule has 5 heteroatoms. The Morgan fingerprint density at radius 1 is 1.00 bits per heavy atom. The van der Waals surface area contributed by atoms with Crippen molar-refractivity contribution in [2.45, 2.75) is 59.9 Å². The molecular weight excluding hydrogens is 388 g/mol. The molecule has 2 amide bonds. The first-order valence-electron chi connectivity index (χ1n) is 11.0. The maximum Gasteiger partial charge on any atom is 0.291 e. The largest absolute Gasteiger partial charge is 0.450 e. The molecule has 1 N–H and O–H groups in total. The minimum absolute atomic E-state index is 0.0623. The van der Waals surface area contributed by atoms with Crippen LogP contribution >= 0.6 is 0 Å². The Labute approximate surface area is 183 Å². The summed E-state index contributed by atoms with van der Waals surface area (Å²) in [4.78, 5) is 27.9. The molecule has 1 fully saturated rings. The molecule has 1 saturated heterocycles.